The summed E-state index contributed by atoms with van der Waals surface area (Å²) in [5.41, 5.74) is 1.15. The summed E-state index contributed by atoms with van der Waals surface area (Å²) in [6, 6.07) is 15.8. The molecular formula is C17H19NO2S. The van der Waals surface area contributed by atoms with Gasteiger partial charge in [0, 0.05) is 11.9 Å². The maximum absolute atomic E-state index is 12.1. The normalized spacial score (nSPS) is 11.9. The molecule has 1 heterocycles. The zero-order chi connectivity index (χ0) is 14.9. The predicted molar refractivity (Wildman–Crippen MR) is 85.2 cm³/mol. The molecule has 0 aliphatic rings. The number of ether oxygens (including phenoxy) is 1. The zero-order valence-corrected chi connectivity index (χ0v) is 12.9. The molecular weight excluding hydrogens is 282 g/mol. The monoisotopic (exact) mass is 301 g/mol. The molecule has 3 nitrogen and oxygen atoms in total. The fraction of sp³-hybridized carbons (Fsp3) is 0.294. The van der Waals surface area contributed by atoms with Crippen molar-refractivity contribution in [1.29, 1.82) is 0 Å². The van der Waals surface area contributed by atoms with Crippen molar-refractivity contribution >= 4 is 17.7 Å². The Morgan fingerprint density at radius 3 is 2.62 bits per heavy atom. The quantitative estimate of drug-likeness (QED) is 0.578. The van der Waals surface area contributed by atoms with E-state index >= 15 is 0 Å². The standard InChI is InChI=1S/C17H19NO2S/c1-2-20-17(19)15(12-14-8-4-3-5-9-14)13-21-16-10-6-7-11-18-16/h3-11,15H,2,12-13H2,1H3. The highest BCUT2D eigenvalue weighted by Crippen LogP contribution is 2.21. The Morgan fingerprint density at radius 1 is 1.19 bits per heavy atom. The third-order valence-electron chi connectivity index (χ3n) is 3.02. The molecule has 0 N–H and O–H groups in total. The average molecular weight is 301 g/mol. The van der Waals surface area contributed by atoms with Gasteiger partial charge in [-0.15, -0.1) is 11.8 Å². The van der Waals surface area contributed by atoms with Gasteiger partial charge in [-0.3, -0.25) is 4.79 Å². The van der Waals surface area contributed by atoms with Gasteiger partial charge in [0.05, 0.1) is 17.6 Å². The third-order valence-corrected chi connectivity index (χ3v) is 4.12. The van der Waals surface area contributed by atoms with Crippen LogP contribution in [0.25, 0.3) is 0 Å². The van der Waals surface area contributed by atoms with E-state index in [1.807, 2.05) is 55.5 Å². The first-order valence-electron chi connectivity index (χ1n) is 7.04. The zero-order valence-electron chi connectivity index (χ0n) is 12.1. The number of hydrogen-bond donors (Lipinski definition) is 0. The Morgan fingerprint density at radius 2 is 1.95 bits per heavy atom. The van der Waals surface area contributed by atoms with Gasteiger partial charge in [0.15, 0.2) is 0 Å². The first kappa shape index (κ1) is 15.6. The number of esters is 1. The second-order valence-electron chi connectivity index (χ2n) is 4.62. The minimum absolute atomic E-state index is 0.134. The van der Waals surface area contributed by atoms with Crippen LogP contribution in [-0.4, -0.2) is 23.3 Å². The Bertz CT molecular complexity index is 545. The molecule has 1 unspecified atom stereocenters. The van der Waals surface area contributed by atoms with Crippen LogP contribution in [0.15, 0.2) is 59.8 Å². The topological polar surface area (TPSA) is 39.2 Å². The lowest BCUT2D eigenvalue weighted by atomic mass is 10.0. The van der Waals surface area contributed by atoms with Crippen molar-refractivity contribution in [3.63, 3.8) is 0 Å². The SMILES string of the molecule is CCOC(=O)C(CSc1ccccn1)Cc1ccccc1. The van der Waals surface area contributed by atoms with Crippen molar-refractivity contribution in [3.05, 3.63) is 60.3 Å². The highest BCUT2D eigenvalue weighted by Gasteiger charge is 2.20. The van der Waals surface area contributed by atoms with Crippen LogP contribution in [0.3, 0.4) is 0 Å². The maximum atomic E-state index is 12.1. The van der Waals surface area contributed by atoms with E-state index in [4.69, 9.17) is 4.74 Å². The van der Waals surface area contributed by atoms with Gasteiger partial charge >= 0.3 is 5.97 Å². The minimum atomic E-state index is -0.153. The van der Waals surface area contributed by atoms with E-state index in [0.717, 1.165) is 10.6 Å². The van der Waals surface area contributed by atoms with Gasteiger partial charge in [-0.05, 0) is 31.0 Å². The molecule has 110 valence electrons. The molecule has 0 aliphatic heterocycles. The number of carbonyl (C=O) groups is 1. The molecule has 2 aromatic rings. The van der Waals surface area contributed by atoms with E-state index in [1.54, 1.807) is 18.0 Å². The Labute approximate surface area is 129 Å². The van der Waals surface area contributed by atoms with Gasteiger partial charge in [-0.25, -0.2) is 4.98 Å². The Hall–Kier alpha value is -1.81. The predicted octanol–water partition coefficient (Wildman–Crippen LogP) is 3.60. The Balaban J connectivity index is 2.00. The first-order chi connectivity index (χ1) is 10.3. The second-order valence-corrected chi connectivity index (χ2v) is 5.66. The minimum Gasteiger partial charge on any atom is -0.466 e. The molecule has 0 bridgehead atoms. The van der Waals surface area contributed by atoms with Gasteiger partial charge in [0.2, 0.25) is 0 Å². The first-order valence-corrected chi connectivity index (χ1v) is 8.02. The molecule has 0 spiro atoms. The number of pyridine rings is 1. The van der Waals surface area contributed by atoms with Crippen LogP contribution in [0.4, 0.5) is 0 Å². The van der Waals surface area contributed by atoms with Gasteiger partial charge in [-0.2, -0.15) is 0 Å². The Kier molecular flexibility index (Phi) is 6.28. The molecule has 0 fully saturated rings. The van der Waals surface area contributed by atoms with Crippen LogP contribution in [0.1, 0.15) is 12.5 Å². The van der Waals surface area contributed by atoms with Crippen molar-refractivity contribution in [2.75, 3.05) is 12.4 Å². The largest absolute Gasteiger partial charge is 0.466 e. The maximum Gasteiger partial charge on any atom is 0.310 e. The van der Waals surface area contributed by atoms with Crippen molar-refractivity contribution in [2.24, 2.45) is 5.92 Å². The number of rotatable bonds is 7. The number of thioether (sulfide) groups is 1. The molecule has 4 heteroatoms. The molecule has 0 radical (unpaired) electrons. The number of aromatic nitrogens is 1. The van der Waals surface area contributed by atoms with Crippen LogP contribution in [0.2, 0.25) is 0 Å². The third kappa shape index (κ3) is 5.23. The summed E-state index contributed by atoms with van der Waals surface area (Å²) in [4.78, 5) is 16.4. The molecule has 1 aromatic carbocycles. The molecule has 1 aromatic heterocycles. The summed E-state index contributed by atoms with van der Waals surface area (Å²) in [5, 5.41) is 0.930. The van der Waals surface area contributed by atoms with E-state index in [1.165, 1.54) is 0 Å². The summed E-state index contributed by atoms with van der Waals surface area (Å²) < 4.78 is 5.19. The summed E-state index contributed by atoms with van der Waals surface area (Å²) in [6.45, 7) is 2.25. The van der Waals surface area contributed by atoms with E-state index in [0.29, 0.717) is 18.8 Å². The van der Waals surface area contributed by atoms with Gasteiger partial charge in [0.25, 0.3) is 0 Å². The lowest BCUT2D eigenvalue weighted by molar-refractivity contribution is -0.147. The summed E-state index contributed by atoms with van der Waals surface area (Å²) in [5.74, 6) is 0.384. The summed E-state index contributed by atoms with van der Waals surface area (Å²) in [7, 11) is 0. The molecule has 0 amide bonds. The van der Waals surface area contributed by atoms with Crippen LogP contribution < -0.4 is 0 Å². The highest BCUT2D eigenvalue weighted by molar-refractivity contribution is 7.99. The van der Waals surface area contributed by atoms with Gasteiger partial charge < -0.3 is 4.74 Å². The lowest BCUT2D eigenvalue weighted by Crippen LogP contribution is -2.22. The van der Waals surface area contributed by atoms with Crippen molar-refractivity contribution < 1.29 is 9.53 Å². The lowest BCUT2D eigenvalue weighted by Gasteiger charge is -2.15. The molecule has 21 heavy (non-hydrogen) atoms. The fourth-order valence-electron chi connectivity index (χ4n) is 1.99. The second kappa shape index (κ2) is 8.47. The van der Waals surface area contributed by atoms with E-state index in [-0.39, 0.29) is 11.9 Å². The average Bonchev–Trinajstić information content (AvgIpc) is 2.53. The molecule has 2 rings (SSSR count). The van der Waals surface area contributed by atoms with Gasteiger partial charge in [0.1, 0.15) is 0 Å². The summed E-state index contributed by atoms with van der Waals surface area (Å²) >= 11 is 1.59. The molecule has 0 saturated heterocycles. The van der Waals surface area contributed by atoms with Crippen LogP contribution in [0, 0.1) is 5.92 Å². The number of benzene rings is 1. The number of carbonyl (C=O) groups excluding carboxylic acids is 1. The van der Waals surface area contributed by atoms with Crippen molar-refractivity contribution in [1.82, 2.24) is 4.98 Å². The van der Waals surface area contributed by atoms with E-state index in [2.05, 4.69) is 4.98 Å². The fourth-order valence-corrected chi connectivity index (χ4v) is 2.92. The van der Waals surface area contributed by atoms with E-state index in [9.17, 15) is 4.79 Å². The number of hydrogen-bond acceptors (Lipinski definition) is 4. The van der Waals surface area contributed by atoms with Gasteiger partial charge in [-0.1, -0.05) is 36.4 Å². The molecule has 1 atom stereocenters. The van der Waals surface area contributed by atoms with Crippen LogP contribution in [0.5, 0.6) is 0 Å². The van der Waals surface area contributed by atoms with Crippen molar-refractivity contribution in [3.8, 4) is 0 Å². The van der Waals surface area contributed by atoms with Crippen LogP contribution >= 0.6 is 11.8 Å². The molecule has 0 aliphatic carbocycles. The van der Waals surface area contributed by atoms with Crippen LogP contribution in [-0.2, 0) is 16.0 Å². The smallest absolute Gasteiger partial charge is 0.310 e. The summed E-state index contributed by atoms with van der Waals surface area (Å²) in [6.07, 6.45) is 2.46. The number of nitrogens with zero attached hydrogens (tertiary/aromatic N) is 1. The highest BCUT2D eigenvalue weighted by atomic mass is 32.2. The van der Waals surface area contributed by atoms with Crippen molar-refractivity contribution in [2.45, 2.75) is 18.4 Å². The molecule has 0 saturated carbocycles. The van der Waals surface area contributed by atoms with E-state index < -0.39 is 0 Å².